The van der Waals surface area contributed by atoms with Crippen LogP contribution >= 0.6 is 0 Å². The summed E-state index contributed by atoms with van der Waals surface area (Å²) in [5.74, 6) is 1.29. The third-order valence-electron chi connectivity index (χ3n) is 5.89. The van der Waals surface area contributed by atoms with Crippen molar-refractivity contribution in [3.05, 3.63) is 49.0 Å². The molecule has 0 radical (unpaired) electrons. The van der Waals surface area contributed by atoms with Crippen LogP contribution in [0.4, 0.5) is 11.5 Å². The van der Waals surface area contributed by atoms with Gasteiger partial charge in [-0.2, -0.15) is 0 Å². The zero-order valence-electron chi connectivity index (χ0n) is 20.5. The Morgan fingerprint density at radius 1 is 1.09 bits per heavy atom. The van der Waals surface area contributed by atoms with Crippen LogP contribution in [0.25, 0.3) is 21.9 Å². The van der Waals surface area contributed by atoms with E-state index in [9.17, 15) is 4.79 Å². The van der Waals surface area contributed by atoms with Gasteiger partial charge in [-0.05, 0) is 42.2 Å². The number of fused-ring (bicyclic) bond motifs is 2. The third-order valence-corrected chi connectivity index (χ3v) is 5.89. The Hall–Kier alpha value is -3.85. The highest BCUT2D eigenvalue weighted by Gasteiger charge is 2.35. The average Bonchev–Trinajstić information content (AvgIpc) is 3.29. The number of aromatic nitrogens is 2. The number of amides is 1. The van der Waals surface area contributed by atoms with E-state index < -0.39 is 11.3 Å². The predicted octanol–water partition coefficient (Wildman–Crippen LogP) is 5.45. The summed E-state index contributed by atoms with van der Waals surface area (Å²) in [6.45, 7) is 7.92. The molecule has 0 unspecified atom stereocenters. The summed E-state index contributed by atoms with van der Waals surface area (Å²) in [4.78, 5) is 20.8. The number of carbonyl (C=O) groups is 1. The number of anilines is 2. The van der Waals surface area contributed by atoms with E-state index in [1.807, 2.05) is 50.2 Å². The standard InChI is InChI=1S/C26H30N4O5/c1-25(2,13-26(3,4)24(31)30-32)14-35-22-12-19-18(11-21(22)33-5)23(28-15-27-19)29-17-6-7-20-16(10-17)8-9-34-20/h6-12,15,32H,13-14H2,1-5H3,(H,30,31)(H,27,28,29). The van der Waals surface area contributed by atoms with Crippen molar-refractivity contribution in [2.45, 2.75) is 34.1 Å². The lowest BCUT2D eigenvalue weighted by molar-refractivity contribution is -0.140. The molecule has 2 heterocycles. The molecule has 0 bridgehead atoms. The van der Waals surface area contributed by atoms with Gasteiger partial charge in [0.05, 0.1) is 25.5 Å². The average molecular weight is 479 g/mol. The van der Waals surface area contributed by atoms with E-state index >= 15 is 0 Å². The fourth-order valence-electron chi connectivity index (χ4n) is 4.37. The van der Waals surface area contributed by atoms with E-state index in [1.54, 1.807) is 32.7 Å². The molecule has 35 heavy (non-hydrogen) atoms. The Balaban J connectivity index is 1.57. The Bertz CT molecular complexity index is 1360. The van der Waals surface area contributed by atoms with Gasteiger partial charge in [-0.1, -0.05) is 27.7 Å². The summed E-state index contributed by atoms with van der Waals surface area (Å²) in [7, 11) is 1.58. The number of ether oxygens (including phenoxy) is 2. The second-order valence-electron chi connectivity index (χ2n) is 10.00. The molecule has 2 aromatic carbocycles. The van der Waals surface area contributed by atoms with Crippen molar-refractivity contribution in [3.63, 3.8) is 0 Å². The molecule has 1 amide bonds. The number of hydroxylamine groups is 1. The number of hydrogen-bond donors (Lipinski definition) is 3. The highest BCUT2D eigenvalue weighted by atomic mass is 16.5. The molecule has 9 heteroatoms. The van der Waals surface area contributed by atoms with Gasteiger partial charge in [0.15, 0.2) is 11.5 Å². The zero-order chi connectivity index (χ0) is 25.2. The predicted molar refractivity (Wildman–Crippen MR) is 133 cm³/mol. The summed E-state index contributed by atoms with van der Waals surface area (Å²) >= 11 is 0. The lowest BCUT2D eigenvalue weighted by Gasteiger charge is -2.33. The molecule has 0 saturated carbocycles. The minimum absolute atomic E-state index is 0.331. The summed E-state index contributed by atoms with van der Waals surface area (Å²) in [6.07, 6.45) is 3.65. The minimum atomic E-state index is -0.762. The van der Waals surface area contributed by atoms with Gasteiger partial charge < -0.3 is 19.2 Å². The van der Waals surface area contributed by atoms with Crippen LogP contribution in [0.2, 0.25) is 0 Å². The Morgan fingerprint density at radius 2 is 1.89 bits per heavy atom. The quantitative estimate of drug-likeness (QED) is 0.214. The number of benzene rings is 2. The van der Waals surface area contributed by atoms with Crippen molar-refractivity contribution in [1.29, 1.82) is 0 Å². The number of rotatable bonds is 9. The second kappa shape index (κ2) is 9.42. The molecule has 0 aliphatic carbocycles. The van der Waals surface area contributed by atoms with Gasteiger partial charge in [-0.15, -0.1) is 0 Å². The van der Waals surface area contributed by atoms with Gasteiger partial charge in [0.2, 0.25) is 5.91 Å². The molecule has 0 saturated heterocycles. The topological polar surface area (TPSA) is 119 Å². The molecule has 0 aliphatic rings. The fraction of sp³-hybridized carbons (Fsp3) is 0.346. The minimum Gasteiger partial charge on any atom is -0.493 e. The van der Waals surface area contributed by atoms with Crippen molar-refractivity contribution in [2.24, 2.45) is 10.8 Å². The summed E-state index contributed by atoms with van der Waals surface area (Å²) in [5.41, 5.74) is 3.00. The van der Waals surface area contributed by atoms with Gasteiger partial charge in [0.1, 0.15) is 17.7 Å². The highest BCUT2D eigenvalue weighted by Crippen LogP contribution is 2.38. The first-order chi connectivity index (χ1) is 16.6. The number of hydrogen-bond acceptors (Lipinski definition) is 8. The maximum Gasteiger partial charge on any atom is 0.249 e. The lowest BCUT2D eigenvalue weighted by Crippen LogP contribution is -2.39. The maximum atomic E-state index is 12.0. The highest BCUT2D eigenvalue weighted by molar-refractivity contribution is 5.94. The Labute approximate surface area is 203 Å². The van der Waals surface area contributed by atoms with Crippen LogP contribution in [-0.2, 0) is 4.79 Å². The van der Waals surface area contributed by atoms with E-state index in [0.29, 0.717) is 35.9 Å². The van der Waals surface area contributed by atoms with Crippen LogP contribution in [0, 0.1) is 10.8 Å². The van der Waals surface area contributed by atoms with E-state index in [4.69, 9.17) is 19.1 Å². The van der Waals surface area contributed by atoms with Crippen LogP contribution in [0.3, 0.4) is 0 Å². The molecular weight excluding hydrogens is 448 g/mol. The monoisotopic (exact) mass is 478 g/mol. The molecule has 0 atom stereocenters. The molecule has 3 N–H and O–H groups in total. The molecule has 0 fully saturated rings. The Morgan fingerprint density at radius 3 is 2.63 bits per heavy atom. The van der Waals surface area contributed by atoms with Crippen LogP contribution in [0.1, 0.15) is 34.1 Å². The van der Waals surface area contributed by atoms with E-state index in [2.05, 4.69) is 15.3 Å². The largest absolute Gasteiger partial charge is 0.493 e. The van der Waals surface area contributed by atoms with Crippen molar-refractivity contribution in [3.8, 4) is 11.5 Å². The van der Waals surface area contributed by atoms with E-state index in [1.165, 1.54) is 6.33 Å². The molecule has 9 nitrogen and oxygen atoms in total. The first kappa shape index (κ1) is 24.3. The van der Waals surface area contributed by atoms with Crippen LogP contribution in [0.5, 0.6) is 11.5 Å². The van der Waals surface area contributed by atoms with Gasteiger partial charge >= 0.3 is 0 Å². The van der Waals surface area contributed by atoms with Gasteiger partial charge in [0, 0.05) is 27.9 Å². The molecule has 0 aliphatic heterocycles. The maximum absolute atomic E-state index is 12.0. The lowest BCUT2D eigenvalue weighted by atomic mass is 9.75. The number of methoxy groups -OCH3 is 1. The van der Waals surface area contributed by atoms with E-state index in [-0.39, 0.29) is 5.41 Å². The number of carbonyl (C=O) groups excluding carboxylic acids is 1. The molecule has 4 rings (SSSR count). The van der Waals surface area contributed by atoms with E-state index in [0.717, 1.165) is 22.0 Å². The van der Waals surface area contributed by atoms with Gasteiger partial charge in [-0.3, -0.25) is 10.0 Å². The normalized spacial score (nSPS) is 12.1. The fourth-order valence-corrected chi connectivity index (χ4v) is 4.37. The van der Waals surface area contributed by atoms with Gasteiger partial charge in [-0.25, -0.2) is 15.4 Å². The molecular formula is C26H30N4O5. The van der Waals surface area contributed by atoms with Crippen LogP contribution in [0.15, 0.2) is 53.4 Å². The first-order valence-electron chi connectivity index (χ1n) is 11.3. The number of furan rings is 1. The van der Waals surface area contributed by atoms with Crippen molar-refractivity contribution >= 4 is 39.3 Å². The third kappa shape index (κ3) is 5.30. The molecule has 0 spiro atoms. The van der Waals surface area contributed by atoms with Crippen molar-refractivity contribution in [2.75, 3.05) is 19.0 Å². The van der Waals surface area contributed by atoms with Gasteiger partial charge in [0.25, 0.3) is 0 Å². The molecule has 184 valence electrons. The van der Waals surface area contributed by atoms with Crippen LogP contribution < -0.4 is 20.3 Å². The second-order valence-corrected chi connectivity index (χ2v) is 10.00. The summed E-state index contributed by atoms with van der Waals surface area (Å²) < 4.78 is 17.2. The SMILES string of the molecule is COc1cc2c(Nc3ccc4occc4c3)ncnc2cc1OCC(C)(C)CC(C)(C)C(=O)NO. The van der Waals surface area contributed by atoms with Crippen LogP contribution in [-0.4, -0.2) is 34.8 Å². The molecule has 4 aromatic rings. The number of nitrogens with one attached hydrogen (secondary N) is 2. The smallest absolute Gasteiger partial charge is 0.249 e. The zero-order valence-corrected chi connectivity index (χ0v) is 20.5. The number of nitrogens with zero attached hydrogens (tertiary/aromatic N) is 2. The summed E-state index contributed by atoms with van der Waals surface area (Å²) in [5, 5.41) is 14.1. The molecule has 2 aromatic heterocycles. The summed E-state index contributed by atoms with van der Waals surface area (Å²) in [6, 6.07) is 11.4. The Kier molecular flexibility index (Phi) is 6.53. The van der Waals surface area contributed by atoms with Crippen molar-refractivity contribution < 1.29 is 23.9 Å². The first-order valence-corrected chi connectivity index (χ1v) is 11.3. The van der Waals surface area contributed by atoms with Crippen molar-refractivity contribution in [1.82, 2.24) is 15.4 Å².